The summed E-state index contributed by atoms with van der Waals surface area (Å²) in [6, 6.07) is 17.8. The van der Waals surface area contributed by atoms with Gasteiger partial charge in [0.15, 0.2) is 0 Å². The van der Waals surface area contributed by atoms with Gasteiger partial charge in [-0.3, -0.25) is 19.1 Å². The molecule has 7 heteroatoms. The van der Waals surface area contributed by atoms with E-state index in [0.717, 1.165) is 18.5 Å². The minimum atomic E-state index is -0.351. The first-order valence-electron chi connectivity index (χ1n) is 10.6. The van der Waals surface area contributed by atoms with E-state index in [1.165, 1.54) is 29.3 Å². The molecule has 4 aromatic rings. The van der Waals surface area contributed by atoms with Gasteiger partial charge in [0, 0.05) is 11.9 Å². The van der Waals surface area contributed by atoms with Gasteiger partial charge >= 0.3 is 0 Å². The fourth-order valence-corrected chi connectivity index (χ4v) is 4.34. The van der Waals surface area contributed by atoms with Crippen LogP contribution in [0.4, 0.5) is 0 Å². The van der Waals surface area contributed by atoms with Gasteiger partial charge in [0.2, 0.25) is 11.5 Å². The third-order valence-electron chi connectivity index (χ3n) is 5.92. The zero-order chi connectivity index (χ0) is 21.2. The van der Waals surface area contributed by atoms with Crippen LogP contribution in [0.3, 0.4) is 0 Å². The summed E-state index contributed by atoms with van der Waals surface area (Å²) in [4.78, 5) is 32.3. The molecule has 0 unspecified atom stereocenters. The fourth-order valence-electron chi connectivity index (χ4n) is 4.34. The largest absolute Gasteiger partial charge is 0.448 e. The number of para-hydroxylation sites is 1. The van der Waals surface area contributed by atoms with E-state index in [2.05, 4.69) is 27.3 Å². The second-order valence-electron chi connectivity index (χ2n) is 7.93. The summed E-state index contributed by atoms with van der Waals surface area (Å²) < 4.78 is 6.99. The van der Waals surface area contributed by atoms with E-state index in [0.29, 0.717) is 17.6 Å². The summed E-state index contributed by atoms with van der Waals surface area (Å²) in [5.74, 6) is -0.223. The number of aromatic nitrogens is 2. The topological polar surface area (TPSA) is 80.4 Å². The summed E-state index contributed by atoms with van der Waals surface area (Å²) in [5.41, 5.74) is 2.15. The van der Waals surface area contributed by atoms with Crippen molar-refractivity contribution in [1.82, 2.24) is 19.8 Å². The lowest BCUT2D eigenvalue weighted by atomic mass is 10.1. The molecule has 1 amide bonds. The predicted octanol–water partition coefficient (Wildman–Crippen LogP) is 3.10. The van der Waals surface area contributed by atoms with E-state index >= 15 is 0 Å². The second-order valence-corrected chi connectivity index (χ2v) is 7.93. The molecule has 0 aliphatic carbocycles. The van der Waals surface area contributed by atoms with Crippen molar-refractivity contribution in [2.45, 2.75) is 25.4 Å². The first-order valence-corrected chi connectivity index (χ1v) is 10.6. The quantitative estimate of drug-likeness (QED) is 0.522. The standard InChI is InChI=1S/C24H24N4O3/c29-21(25-14-19(27-12-6-7-13-27)17-8-2-1-3-9-17)15-28-16-26-22-18-10-4-5-11-20(18)31-23(22)24(28)30/h1-5,8-11,16,19H,6-7,12-15H2,(H,25,29)/t19-/m1/s1. The minimum absolute atomic E-state index is 0.0969. The van der Waals surface area contributed by atoms with Crippen molar-refractivity contribution in [1.29, 1.82) is 0 Å². The Kier molecular flexibility index (Phi) is 5.26. The van der Waals surface area contributed by atoms with Crippen LogP contribution >= 0.6 is 0 Å². The molecule has 5 rings (SSSR count). The van der Waals surface area contributed by atoms with Crippen LogP contribution in [-0.4, -0.2) is 40.0 Å². The van der Waals surface area contributed by atoms with Gasteiger partial charge in [0.1, 0.15) is 17.6 Å². The lowest BCUT2D eigenvalue weighted by molar-refractivity contribution is -0.122. The third-order valence-corrected chi connectivity index (χ3v) is 5.92. The highest BCUT2D eigenvalue weighted by Gasteiger charge is 2.24. The van der Waals surface area contributed by atoms with E-state index in [9.17, 15) is 9.59 Å². The summed E-state index contributed by atoms with van der Waals surface area (Å²) in [7, 11) is 0. The highest BCUT2D eigenvalue weighted by atomic mass is 16.3. The van der Waals surface area contributed by atoms with Crippen LogP contribution in [0.5, 0.6) is 0 Å². The van der Waals surface area contributed by atoms with Crippen LogP contribution in [0.25, 0.3) is 22.1 Å². The normalized spacial score (nSPS) is 15.5. The van der Waals surface area contributed by atoms with E-state index in [1.807, 2.05) is 36.4 Å². The molecule has 3 heterocycles. The highest BCUT2D eigenvalue weighted by molar-refractivity contribution is 6.01. The molecule has 31 heavy (non-hydrogen) atoms. The molecular formula is C24H24N4O3. The number of carbonyl (C=O) groups excluding carboxylic acids is 1. The summed E-state index contributed by atoms with van der Waals surface area (Å²) in [6.45, 7) is 2.46. The Balaban J connectivity index is 1.32. The molecule has 0 bridgehead atoms. The van der Waals surface area contributed by atoms with Crippen LogP contribution < -0.4 is 10.9 Å². The number of nitrogens with zero attached hydrogens (tertiary/aromatic N) is 3. The smallest absolute Gasteiger partial charge is 0.297 e. The molecule has 2 aromatic heterocycles. The van der Waals surface area contributed by atoms with Crippen LogP contribution in [-0.2, 0) is 11.3 Å². The number of rotatable bonds is 6. The Hall–Kier alpha value is -3.45. The Morgan fingerprint density at radius 1 is 1.06 bits per heavy atom. The molecule has 1 aliphatic rings. The Morgan fingerprint density at radius 2 is 1.81 bits per heavy atom. The summed E-state index contributed by atoms with van der Waals surface area (Å²) >= 11 is 0. The van der Waals surface area contributed by atoms with E-state index in [-0.39, 0.29) is 29.6 Å². The van der Waals surface area contributed by atoms with Crippen molar-refractivity contribution >= 4 is 28.0 Å². The van der Waals surface area contributed by atoms with E-state index in [4.69, 9.17) is 4.42 Å². The van der Waals surface area contributed by atoms with Gasteiger partial charge in [-0.25, -0.2) is 4.98 Å². The number of hydrogen-bond donors (Lipinski definition) is 1. The maximum absolute atomic E-state index is 12.8. The molecular weight excluding hydrogens is 392 g/mol. The predicted molar refractivity (Wildman–Crippen MR) is 119 cm³/mol. The minimum Gasteiger partial charge on any atom is -0.448 e. The molecule has 158 valence electrons. The average Bonchev–Trinajstić information content (AvgIpc) is 3.45. The van der Waals surface area contributed by atoms with Crippen molar-refractivity contribution in [2.24, 2.45) is 0 Å². The van der Waals surface area contributed by atoms with Crippen LogP contribution in [0, 0.1) is 0 Å². The van der Waals surface area contributed by atoms with Crippen molar-refractivity contribution in [3.8, 4) is 0 Å². The molecule has 1 N–H and O–H groups in total. The number of likely N-dealkylation sites (tertiary alicyclic amines) is 1. The molecule has 0 saturated carbocycles. The lowest BCUT2D eigenvalue weighted by Gasteiger charge is -2.28. The fraction of sp³-hybridized carbons (Fsp3) is 0.292. The Bertz CT molecular complexity index is 1270. The summed E-state index contributed by atoms with van der Waals surface area (Å²) in [5, 5.41) is 3.80. The van der Waals surface area contributed by atoms with Crippen LogP contribution in [0.15, 0.2) is 70.1 Å². The van der Waals surface area contributed by atoms with E-state index in [1.54, 1.807) is 6.07 Å². The maximum atomic E-state index is 12.8. The molecule has 2 aromatic carbocycles. The molecule has 1 aliphatic heterocycles. The molecule has 1 saturated heterocycles. The second kappa shape index (κ2) is 8.35. The number of fused-ring (bicyclic) bond motifs is 3. The first-order chi connectivity index (χ1) is 15.2. The SMILES string of the molecule is O=C(Cn1cnc2c(oc3ccccc32)c1=O)NC[C@H](c1ccccc1)N1CCCC1. The van der Waals surface area contributed by atoms with Gasteiger partial charge in [-0.05, 0) is 43.6 Å². The van der Waals surface area contributed by atoms with Crippen molar-refractivity contribution in [2.75, 3.05) is 19.6 Å². The van der Waals surface area contributed by atoms with Crippen LogP contribution in [0.2, 0.25) is 0 Å². The zero-order valence-electron chi connectivity index (χ0n) is 17.2. The van der Waals surface area contributed by atoms with Gasteiger partial charge in [-0.15, -0.1) is 0 Å². The molecule has 1 atom stereocenters. The third kappa shape index (κ3) is 3.84. The molecule has 1 fully saturated rings. The number of hydrogen-bond acceptors (Lipinski definition) is 5. The van der Waals surface area contributed by atoms with Crippen molar-refractivity contribution < 1.29 is 9.21 Å². The van der Waals surface area contributed by atoms with Crippen molar-refractivity contribution in [3.63, 3.8) is 0 Å². The van der Waals surface area contributed by atoms with Gasteiger partial charge in [0.05, 0.1) is 12.4 Å². The number of furan rings is 1. The van der Waals surface area contributed by atoms with Crippen molar-refractivity contribution in [3.05, 3.63) is 76.8 Å². The molecule has 0 radical (unpaired) electrons. The highest BCUT2D eigenvalue weighted by Crippen LogP contribution is 2.25. The van der Waals surface area contributed by atoms with E-state index < -0.39 is 0 Å². The summed E-state index contributed by atoms with van der Waals surface area (Å²) in [6.07, 6.45) is 3.77. The van der Waals surface area contributed by atoms with Gasteiger partial charge in [-0.2, -0.15) is 0 Å². The number of benzene rings is 2. The monoisotopic (exact) mass is 416 g/mol. The van der Waals surface area contributed by atoms with Gasteiger partial charge < -0.3 is 9.73 Å². The number of nitrogens with one attached hydrogen (secondary N) is 1. The number of carbonyl (C=O) groups is 1. The molecule has 0 spiro atoms. The zero-order valence-corrected chi connectivity index (χ0v) is 17.2. The maximum Gasteiger partial charge on any atom is 0.297 e. The van der Waals surface area contributed by atoms with Gasteiger partial charge in [-0.1, -0.05) is 42.5 Å². The Morgan fingerprint density at radius 3 is 2.61 bits per heavy atom. The van der Waals surface area contributed by atoms with Crippen LogP contribution in [0.1, 0.15) is 24.4 Å². The Labute approximate surface area is 179 Å². The lowest BCUT2D eigenvalue weighted by Crippen LogP contribution is -2.39. The molecule has 7 nitrogen and oxygen atoms in total. The average molecular weight is 416 g/mol. The first kappa shape index (κ1) is 19.5. The number of amides is 1. The van der Waals surface area contributed by atoms with Gasteiger partial charge in [0.25, 0.3) is 5.56 Å².